The van der Waals surface area contributed by atoms with Crippen LogP contribution in [0.4, 0.5) is 11.4 Å². The molecule has 0 saturated heterocycles. The van der Waals surface area contributed by atoms with Gasteiger partial charge in [-0.2, -0.15) is 0 Å². The van der Waals surface area contributed by atoms with Crippen LogP contribution >= 0.6 is 11.3 Å². The maximum absolute atomic E-state index is 13.4. The lowest BCUT2D eigenvalue weighted by Gasteiger charge is -2.12. The number of hydrogen-bond donors (Lipinski definition) is 2. The first kappa shape index (κ1) is 22.4. The second kappa shape index (κ2) is 8.63. The lowest BCUT2D eigenvalue weighted by atomic mass is 10.1. The molecule has 0 fully saturated rings. The molecule has 2 heterocycles. The quantitative estimate of drug-likeness (QED) is 0.457. The van der Waals surface area contributed by atoms with Gasteiger partial charge in [0.05, 0.1) is 0 Å². The van der Waals surface area contributed by atoms with E-state index < -0.39 is 17.4 Å². The van der Waals surface area contributed by atoms with Crippen LogP contribution in [0.1, 0.15) is 48.1 Å². The molecule has 4 aromatic rings. The average Bonchev–Trinajstić information content (AvgIpc) is 3.13. The number of carbonyl (C=O) groups excluding carboxylic acids is 2. The van der Waals surface area contributed by atoms with Crippen molar-refractivity contribution in [2.24, 2.45) is 0 Å². The maximum atomic E-state index is 13.4. The van der Waals surface area contributed by atoms with E-state index in [4.69, 9.17) is 0 Å². The van der Waals surface area contributed by atoms with Gasteiger partial charge in [0.1, 0.15) is 10.6 Å². The minimum absolute atomic E-state index is 0.0321. The Balaban J connectivity index is 1.82. The van der Waals surface area contributed by atoms with Crippen LogP contribution in [0.3, 0.4) is 0 Å². The van der Waals surface area contributed by atoms with Gasteiger partial charge in [0.25, 0.3) is 17.4 Å². The summed E-state index contributed by atoms with van der Waals surface area (Å²) in [4.78, 5) is 44.3. The van der Waals surface area contributed by atoms with Crippen molar-refractivity contribution in [3.8, 4) is 0 Å². The predicted molar refractivity (Wildman–Crippen MR) is 132 cm³/mol. The summed E-state index contributed by atoms with van der Waals surface area (Å²) in [6.07, 6.45) is 0. The molecule has 0 aliphatic heterocycles. The van der Waals surface area contributed by atoms with E-state index >= 15 is 0 Å². The van der Waals surface area contributed by atoms with E-state index in [-0.39, 0.29) is 15.5 Å². The first-order valence-corrected chi connectivity index (χ1v) is 11.3. The molecule has 33 heavy (non-hydrogen) atoms. The van der Waals surface area contributed by atoms with Gasteiger partial charge in [0.2, 0.25) is 0 Å². The fraction of sp³-hybridized carbons (Fsp3) is 0.200. The molecule has 168 valence electrons. The third kappa shape index (κ3) is 4.29. The molecule has 0 atom stereocenters. The van der Waals surface area contributed by atoms with Crippen molar-refractivity contribution >= 4 is 39.5 Å². The number of nitrogens with zero attached hydrogens (tertiary/aromatic N) is 2. The number of nitrogens with one attached hydrogen (secondary N) is 2. The molecule has 2 aromatic heterocycles. The highest BCUT2D eigenvalue weighted by Crippen LogP contribution is 2.26. The number of thiazole rings is 1. The summed E-state index contributed by atoms with van der Waals surface area (Å²) in [7, 11) is 0. The number of anilines is 2. The average molecular weight is 461 g/mol. The topological polar surface area (TPSA) is 92.6 Å². The Morgan fingerprint density at radius 3 is 2.33 bits per heavy atom. The van der Waals surface area contributed by atoms with Gasteiger partial charge in [-0.3, -0.25) is 14.4 Å². The van der Waals surface area contributed by atoms with Gasteiger partial charge >= 0.3 is 0 Å². The Bertz CT molecular complexity index is 1480. The highest BCUT2D eigenvalue weighted by atomic mass is 32.1. The summed E-state index contributed by atoms with van der Waals surface area (Å²) >= 11 is 1.01. The van der Waals surface area contributed by atoms with Crippen molar-refractivity contribution in [1.29, 1.82) is 0 Å². The summed E-state index contributed by atoms with van der Waals surface area (Å²) < 4.78 is 1.20. The maximum Gasteiger partial charge on any atom is 0.274 e. The van der Waals surface area contributed by atoms with Crippen LogP contribution in [-0.4, -0.2) is 21.2 Å². The van der Waals surface area contributed by atoms with Gasteiger partial charge in [-0.1, -0.05) is 41.2 Å². The number of hydrogen-bond acceptors (Lipinski definition) is 5. The predicted octanol–water partition coefficient (Wildman–Crippen LogP) is 4.80. The van der Waals surface area contributed by atoms with Crippen LogP contribution < -0.4 is 16.2 Å². The van der Waals surface area contributed by atoms with E-state index in [0.29, 0.717) is 17.1 Å². The van der Waals surface area contributed by atoms with Crippen LogP contribution in [0, 0.1) is 34.6 Å². The highest BCUT2D eigenvalue weighted by Gasteiger charge is 2.27. The molecule has 2 N–H and O–H groups in total. The fourth-order valence-electron chi connectivity index (χ4n) is 3.65. The Labute approximate surface area is 195 Å². The molecule has 2 amide bonds. The van der Waals surface area contributed by atoms with Crippen molar-refractivity contribution in [3.05, 3.63) is 91.3 Å². The molecule has 0 spiro atoms. The molecule has 2 aromatic carbocycles. The van der Waals surface area contributed by atoms with E-state index in [2.05, 4.69) is 15.6 Å². The van der Waals surface area contributed by atoms with Crippen LogP contribution in [0.2, 0.25) is 0 Å². The van der Waals surface area contributed by atoms with E-state index in [0.717, 1.165) is 33.6 Å². The Morgan fingerprint density at radius 2 is 1.61 bits per heavy atom. The minimum Gasteiger partial charge on any atom is -0.321 e. The molecule has 0 unspecified atom stereocenters. The Hall–Kier alpha value is -3.78. The van der Waals surface area contributed by atoms with E-state index in [1.165, 1.54) is 10.5 Å². The molecule has 0 saturated carbocycles. The van der Waals surface area contributed by atoms with Gasteiger partial charge in [0.15, 0.2) is 4.96 Å². The smallest absolute Gasteiger partial charge is 0.274 e. The van der Waals surface area contributed by atoms with Crippen LogP contribution in [0.5, 0.6) is 0 Å². The van der Waals surface area contributed by atoms with Gasteiger partial charge in [-0.25, -0.2) is 9.38 Å². The SMILES string of the molecule is Cc1ccc(NC(=O)c2c(C(=O)Nc3cccc(C)c3C)sc3nc(C)cc(=O)n23)c(C)c1. The standard InChI is InChI=1S/C25H24N4O3S/c1-13-9-10-18(15(3)11-13)27-23(31)21-22(33-25-26-16(4)12-20(30)29(21)25)24(32)28-19-8-6-7-14(2)17(19)5/h6-12H,1-5H3,(H,27,31)(H,28,32). The molecular formula is C25H24N4O3S. The molecular weight excluding hydrogens is 436 g/mol. The first-order chi connectivity index (χ1) is 15.7. The number of aryl methyl sites for hydroxylation is 4. The Kier molecular flexibility index (Phi) is 5.86. The molecule has 0 aliphatic carbocycles. The monoisotopic (exact) mass is 460 g/mol. The molecule has 7 nitrogen and oxygen atoms in total. The largest absolute Gasteiger partial charge is 0.321 e. The normalized spacial score (nSPS) is 10.9. The second-order valence-corrected chi connectivity index (χ2v) is 9.09. The van der Waals surface area contributed by atoms with Crippen LogP contribution in [0.25, 0.3) is 4.96 Å². The molecule has 0 aliphatic rings. The van der Waals surface area contributed by atoms with Crippen molar-refractivity contribution in [3.63, 3.8) is 0 Å². The highest BCUT2D eigenvalue weighted by molar-refractivity contribution is 7.19. The fourth-order valence-corrected chi connectivity index (χ4v) is 4.71. The third-order valence-electron chi connectivity index (χ3n) is 5.55. The van der Waals surface area contributed by atoms with Gasteiger partial charge < -0.3 is 10.6 Å². The molecule has 8 heteroatoms. The van der Waals surface area contributed by atoms with Crippen LogP contribution in [-0.2, 0) is 0 Å². The number of aromatic nitrogens is 2. The number of carbonyl (C=O) groups is 2. The van der Waals surface area contributed by atoms with E-state index in [9.17, 15) is 14.4 Å². The third-order valence-corrected chi connectivity index (χ3v) is 6.59. The molecule has 4 rings (SSSR count). The van der Waals surface area contributed by atoms with E-state index in [1.807, 2.05) is 52.0 Å². The van der Waals surface area contributed by atoms with Crippen molar-refractivity contribution in [2.45, 2.75) is 34.6 Å². The van der Waals surface area contributed by atoms with Crippen molar-refractivity contribution in [1.82, 2.24) is 9.38 Å². The summed E-state index contributed by atoms with van der Waals surface area (Å²) in [6.45, 7) is 9.43. The summed E-state index contributed by atoms with van der Waals surface area (Å²) in [5.41, 5.74) is 5.24. The Morgan fingerprint density at radius 1 is 0.879 bits per heavy atom. The first-order valence-electron chi connectivity index (χ1n) is 10.4. The van der Waals surface area contributed by atoms with Gasteiger partial charge in [-0.05, 0) is 63.4 Å². The van der Waals surface area contributed by atoms with E-state index in [1.54, 1.807) is 19.1 Å². The van der Waals surface area contributed by atoms with Gasteiger partial charge in [-0.15, -0.1) is 0 Å². The van der Waals surface area contributed by atoms with Crippen molar-refractivity contribution in [2.75, 3.05) is 10.6 Å². The lowest BCUT2D eigenvalue weighted by Crippen LogP contribution is -2.25. The summed E-state index contributed by atoms with van der Waals surface area (Å²) in [5.74, 6) is -1.02. The zero-order valence-corrected chi connectivity index (χ0v) is 19.9. The summed E-state index contributed by atoms with van der Waals surface area (Å²) in [5, 5.41) is 5.74. The minimum atomic E-state index is -0.549. The van der Waals surface area contributed by atoms with Crippen LogP contribution in [0.15, 0.2) is 47.3 Å². The number of fused-ring (bicyclic) bond motifs is 1. The zero-order chi connectivity index (χ0) is 23.9. The van der Waals surface area contributed by atoms with Gasteiger partial charge in [0, 0.05) is 23.1 Å². The second-order valence-electron chi connectivity index (χ2n) is 8.11. The molecule has 0 radical (unpaired) electrons. The number of benzene rings is 2. The summed E-state index contributed by atoms with van der Waals surface area (Å²) in [6, 6.07) is 12.6. The molecule has 0 bridgehead atoms. The number of rotatable bonds is 4. The number of amides is 2. The lowest BCUT2D eigenvalue weighted by molar-refractivity contribution is 0.0989. The zero-order valence-electron chi connectivity index (χ0n) is 19.1. The van der Waals surface area contributed by atoms with Crippen molar-refractivity contribution < 1.29 is 9.59 Å².